The summed E-state index contributed by atoms with van der Waals surface area (Å²) in [4.78, 5) is 40.9. The second-order valence-corrected chi connectivity index (χ2v) is 8.05. The van der Waals surface area contributed by atoms with Crippen LogP contribution in [0.4, 0.5) is 5.69 Å². The first-order chi connectivity index (χ1) is 15.1. The van der Waals surface area contributed by atoms with Gasteiger partial charge in [0.15, 0.2) is 0 Å². The summed E-state index contributed by atoms with van der Waals surface area (Å²) in [7, 11) is 1.56. The first-order valence-corrected chi connectivity index (χ1v) is 10.7. The number of piperazine rings is 1. The number of carbonyl (C=O) groups excluding carboxylic acids is 3. The largest absolute Gasteiger partial charge is 0.497 e. The molecule has 0 spiro atoms. The first kappa shape index (κ1) is 20.9. The van der Waals surface area contributed by atoms with E-state index in [9.17, 15) is 14.4 Å². The topological polar surface area (TPSA) is 87.7 Å². The van der Waals surface area contributed by atoms with Crippen LogP contribution in [0.2, 0.25) is 0 Å². The van der Waals surface area contributed by atoms with E-state index in [2.05, 4.69) is 10.6 Å². The molecule has 2 aliphatic rings. The Hall–Kier alpha value is -3.35. The van der Waals surface area contributed by atoms with Crippen LogP contribution in [0.15, 0.2) is 54.6 Å². The Morgan fingerprint density at radius 1 is 1.10 bits per heavy atom. The third-order valence-corrected chi connectivity index (χ3v) is 6.04. The van der Waals surface area contributed by atoms with Gasteiger partial charge in [-0.05, 0) is 37.1 Å². The maximum Gasteiger partial charge on any atom is 0.254 e. The lowest BCUT2D eigenvalue weighted by Crippen LogP contribution is -2.68. The SMILES string of the molecule is COc1cccc(NC(=O)C[C@H]2C(=O)N[C@@H]3CCCC[C@@H]3N2C(=O)c2ccccc2)c1. The third kappa shape index (κ3) is 4.55. The van der Waals surface area contributed by atoms with Gasteiger partial charge in [-0.2, -0.15) is 0 Å². The fourth-order valence-electron chi connectivity index (χ4n) is 4.55. The van der Waals surface area contributed by atoms with Crippen LogP contribution in [0.25, 0.3) is 0 Å². The number of nitrogens with zero attached hydrogens (tertiary/aromatic N) is 1. The lowest BCUT2D eigenvalue weighted by atomic mass is 9.84. The van der Waals surface area contributed by atoms with Gasteiger partial charge in [0.25, 0.3) is 5.91 Å². The molecule has 2 fully saturated rings. The Balaban J connectivity index is 1.57. The van der Waals surface area contributed by atoms with E-state index in [0.717, 1.165) is 25.7 Å². The molecule has 1 saturated carbocycles. The lowest BCUT2D eigenvalue weighted by molar-refractivity contribution is -0.135. The molecule has 1 aliphatic heterocycles. The van der Waals surface area contributed by atoms with Gasteiger partial charge in [0.2, 0.25) is 11.8 Å². The molecular formula is C24H27N3O4. The molecule has 162 valence electrons. The number of benzene rings is 2. The van der Waals surface area contributed by atoms with E-state index in [-0.39, 0.29) is 36.2 Å². The summed E-state index contributed by atoms with van der Waals surface area (Å²) in [5, 5.41) is 5.88. The van der Waals surface area contributed by atoms with Crippen molar-refractivity contribution in [3.8, 4) is 5.75 Å². The molecule has 0 aromatic heterocycles. The van der Waals surface area contributed by atoms with Gasteiger partial charge in [-0.25, -0.2) is 0 Å². The zero-order valence-corrected chi connectivity index (χ0v) is 17.5. The number of ether oxygens (including phenoxy) is 1. The molecule has 2 aromatic carbocycles. The number of anilines is 1. The monoisotopic (exact) mass is 421 g/mol. The van der Waals surface area contributed by atoms with Crippen molar-refractivity contribution in [1.82, 2.24) is 10.2 Å². The molecule has 1 aliphatic carbocycles. The molecule has 31 heavy (non-hydrogen) atoms. The van der Waals surface area contributed by atoms with Crippen LogP contribution < -0.4 is 15.4 Å². The highest BCUT2D eigenvalue weighted by molar-refractivity contribution is 6.01. The van der Waals surface area contributed by atoms with Crippen molar-refractivity contribution in [2.75, 3.05) is 12.4 Å². The minimum atomic E-state index is -0.849. The van der Waals surface area contributed by atoms with Crippen LogP contribution in [-0.2, 0) is 9.59 Å². The van der Waals surface area contributed by atoms with Crippen molar-refractivity contribution >= 4 is 23.4 Å². The second kappa shape index (κ2) is 9.20. The van der Waals surface area contributed by atoms with Gasteiger partial charge in [-0.3, -0.25) is 14.4 Å². The fourth-order valence-corrected chi connectivity index (χ4v) is 4.55. The Bertz CT molecular complexity index is 962. The van der Waals surface area contributed by atoms with Gasteiger partial charge in [-0.1, -0.05) is 37.1 Å². The number of carbonyl (C=O) groups is 3. The molecule has 0 radical (unpaired) electrons. The molecule has 7 nitrogen and oxygen atoms in total. The quantitative estimate of drug-likeness (QED) is 0.777. The van der Waals surface area contributed by atoms with Gasteiger partial charge in [0.1, 0.15) is 11.8 Å². The molecule has 3 amide bonds. The molecule has 2 aromatic rings. The van der Waals surface area contributed by atoms with Crippen molar-refractivity contribution in [3.63, 3.8) is 0 Å². The zero-order valence-electron chi connectivity index (χ0n) is 17.5. The van der Waals surface area contributed by atoms with Crippen LogP contribution in [0.3, 0.4) is 0 Å². The third-order valence-electron chi connectivity index (χ3n) is 6.04. The normalized spacial score (nSPS) is 22.8. The van der Waals surface area contributed by atoms with E-state index < -0.39 is 6.04 Å². The Labute approximate surface area is 181 Å². The summed E-state index contributed by atoms with van der Waals surface area (Å²) >= 11 is 0. The maximum atomic E-state index is 13.4. The van der Waals surface area contributed by atoms with Gasteiger partial charge >= 0.3 is 0 Å². The predicted molar refractivity (Wildman–Crippen MR) is 117 cm³/mol. The van der Waals surface area contributed by atoms with Gasteiger partial charge in [-0.15, -0.1) is 0 Å². The standard InChI is InChI=1S/C24H27N3O4/c1-31-18-11-7-10-17(14-18)25-22(28)15-21-23(29)26-19-12-5-6-13-20(19)27(21)24(30)16-8-3-2-4-9-16/h2-4,7-11,14,19-21H,5-6,12-13,15H2,1H3,(H,25,28)(H,26,29)/t19-,20+,21+/m1/s1. The van der Waals surface area contributed by atoms with Crippen LogP contribution >= 0.6 is 0 Å². The Morgan fingerprint density at radius 2 is 1.87 bits per heavy atom. The van der Waals surface area contributed by atoms with Gasteiger partial charge in [0.05, 0.1) is 19.6 Å². The zero-order chi connectivity index (χ0) is 21.8. The molecular weight excluding hydrogens is 394 g/mol. The van der Waals surface area contributed by atoms with E-state index in [1.54, 1.807) is 60.5 Å². The molecule has 0 unspecified atom stereocenters. The minimum absolute atomic E-state index is 0.0633. The van der Waals surface area contributed by atoms with Crippen molar-refractivity contribution < 1.29 is 19.1 Å². The number of rotatable bonds is 5. The summed E-state index contributed by atoms with van der Waals surface area (Å²) in [5.41, 5.74) is 1.11. The summed E-state index contributed by atoms with van der Waals surface area (Å²) < 4.78 is 5.19. The summed E-state index contributed by atoms with van der Waals surface area (Å²) in [5.74, 6) is -0.174. The van der Waals surface area contributed by atoms with E-state index in [1.807, 2.05) is 6.07 Å². The van der Waals surface area contributed by atoms with Crippen LogP contribution in [0.5, 0.6) is 5.75 Å². The highest BCUT2D eigenvalue weighted by Crippen LogP contribution is 2.31. The minimum Gasteiger partial charge on any atom is -0.497 e. The maximum absolute atomic E-state index is 13.4. The van der Waals surface area contributed by atoms with Crippen molar-refractivity contribution in [2.24, 2.45) is 0 Å². The molecule has 2 N–H and O–H groups in total. The van der Waals surface area contributed by atoms with Gasteiger partial charge in [0, 0.05) is 23.4 Å². The van der Waals surface area contributed by atoms with E-state index in [0.29, 0.717) is 17.0 Å². The Kier molecular flexibility index (Phi) is 6.21. The van der Waals surface area contributed by atoms with Crippen molar-refractivity contribution in [1.29, 1.82) is 0 Å². The predicted octanol–water partition coefficient (Wildman–Crippen LogP) is 2.98. The molecule has 1 saturated heterocycles. The van der Waals surface area contributed by atoms with Crippen LogP contribution in [0.1, 0.15) is 42.5 Å². The smallest absolute Gasteiger partial charge is 0.254 e. The van der Waals surface area contributed by atoms with Gasteiger partial charge < -0.3 is 20.3 Å². The number of methoxy groups -OCH3 is 1. The summed E-state index contributed by atoms with van der Waals surface area (Å²) in [6, 6.07) is 15.0. The number of fused-ring (bicyclic) bond motifs is 1. The number of nitrogens with one attached hydrogen (secondary N) is 2. The van der Waals surface area contributed by atoms with E-state index >= 15 is 0 Å². The highest BCUT2D eigenvalue weighted by Gasteiger charge is 2.46. The molecule has 1 heterocycles. The molecule has 4 rings (SSSR count). The fraction of sp³-hybridized carbons (Fsp3) is 0.375. The summed E-state index contributed by atoms with van der Waals surface area (Å²) in [6.45, 7) is 0. The molecule has 3 atom stereocenters. The van der Waals surface area contributed by atoms with Crippen molar-refractivity contribution in [3.05, 3.63) is 60.2 Å². The summed E-state index contributed by atoms with van der Waals surface area (Å²) in [6.07, 6.45) is 3.58. The van der Waals surface area contributed by atoms with E-state index in [1.165, 1.54) is 0 Å². The van der Waals surface area contributed by atoms with Crippen LogP contribution in [0, 0.1) is 0 Å². The highest BCUT2D eigenvalue weighted by atomic mass is 16.5. The molecule has 0 bridgehead atoms. The average Bonchev–Trinajstić information content (AvgIpc) is 2.80. The molecule has 7 heteroatoms. The van der Waals surface area contributed by atoms with Crippen molar-refractivity contribution in [2.45, 2.75) is 50.2 Å². The van der Waals surface area contributed by atoms with Crippen LogP contribution in [-0.4, -0.2) is 47.9 Å². The number of hydrogen-bond donors (Lipinski definition) is 2. The number of amides is 3. The van der Waals surface area contributed by atoms with E-state index in [4.69, 9.17) is 4.74 Å². The average molecular weight is 421 g/mol. The Morgan fingerprint density at radius 3 is 2.65 bits per heavy atom. The lowest BCUT2D eigenvalue weighted by Gasteiger charge is -2.48. The number of hydrogen-bond acceptors (Lipinski definition) is 4. The second-order valence-electron chi connectivity index (χ2n) is 8.05. The first-order valence-electron chi connectivity index (χ1n) is 10.7.